The molecule has 0 atom stereocenters. The van der Waals surface area contributed by atoms with Crippen LogP contribution in [0.5, 0.6) is 5.88 Å². The molecule has 0 unspecified atom stereocenters. The molecular weight excluding hydrogens is 196 g/mol. The van der Waals surface area contributed by atoms with E-state index >= 15 is 0 Å². The van der Waals surface area contributed by atoms with Gasteiger partial charge < -0.3 is 15.0 Å². The topological polar surface area (TPSA) is 79.1 Å². The van der Waals surface area contributed by atoms with Crippen LogP contribution in [0.3, 0.4) is 0 Å². The average Bonchev–Trinajstić information content (AvgIpc) is 2.70. The number of nitrogens with two attached hydrogens (primary N) is 1. The summed E-state index contributed by atoms with van der Waals surface area (Å²) >= 11 is 0. The van der Waals surface area contributed by atoms with Crippen molar-refractivity contribution in [3.8, 4) is 17.2 Å². The predicted molar refractivity (Wildman–Crippen MR) is 54.4 cm³/mol. The van der Waals surface area contributed by atoms with Gasteiger partial charge in [-0.2, -0.15) is 5.10 Å². The molecule has 6 heteroatoms. The van der Waals surface area contributed by atoms with Crippen LogP contribution >= 0.6 is 0 Å². The smallest absolute Gasteiger partial charge is 0.223 e. The first-order chi connectivity index (χ1) is 7.15. The number of hydrogen-bond acceptors (Lipinski definition) is 5. The highest BCUT2D eigenvalue weighted by Gasteiger charge is 2.21. The Morgan fingerprint density at radius 1 is 1.53 bits per heavy atom. The van der Waals surface area contributed by atoms with Gasteiger partial charge in [-0.05, 0) is 6.92 Å². The molecule has 2 rings (SSSR count). The predicted octanol–water partition coefficient (Wildman–Crippen LogP) is 0.974. The lowest BCUT2D eigenvalue weighted by Crippen LogP contribution is -1.95. The average molecular weight is 208 g/mol. The number of rotatable bonds is 2. The zero-order valence-electron chi connectivity index (χ0n) is 8.81. The van der Waals surface area contributed by atoms with Crippen LogP contribution in [0, 0.1) is 6.92 Å². The molecule has 15 heavy (non-hydrogen) atoms. The van der Waals surface area contributed by atoms with E-state index in [-0.39, 0.29) is 0 Å². The first-order valence-corrected chi connectivity index (χ1v) is 4.43. The Kier molecular flexibility index (Phi) is 2.11. The van der Waals surface area contributed by atoms with Crippen molar-refractivity contribution in [1.29, 1.82) is 0 Å². The van der Waals surface area contributed by atoms with E-state index in [4.69, 9.17) is 15.0 Å². The minimum Gasteiger partial charge on any atom is -0.481 e. The van der Waals surface area contributed by atoms with Gasteiger partial charge in [-0.15, -0.1) is 0 Å². The molecule has 2 aromatic rings. The van der Waals surface area contributed by atoms with Gasteiger partial charge in [-0.1, -0.05) is 5.16 Å². The molecule has 2 N–H and O–H groups in total. The van der Waals surface area contributed by atoms with Crippen molar-refractivity contribution in [2.24, 2.45) is 7.05 Å². The third kappa shape index (κ3) is 1.34. The lowest BCUT2D eigenvalue weighted by Gasteiger charge is -2.02. The number of aromatic nitrogens is 3. The summed E-state index contributed by atoms with van der Waals surface area (Å²) in [6, 6.07) is 0. The van der Waals surface area contributed by atoms with Gasteiger partial charge in [0.25, 0.3) is 0 Å². The van der Waals surface area contributed by atoms with E-state index in [9.17, 15) is 0 Å². The molecule has 0 bridgehead atoms. The molecule has 0 saturated heterocycles. The molecule has 80 valence electrons. The van der Waals surface area contributed by atoms with Gasteiger partial charge in [0, 0.05) is 7.05 Å². The van der Waals surface area contributed by atoms with Gasteiger partial charge >= 0.3 is 0 Å². The monoisotopic (exact) mass is 208 g/mol. The van der Waals surface area contributed by atoms with E-state index in [1.807, 2.05) is 6.92 Å². The largest absolute Gasteiger partial charge is 0.481 e. The maximum atomic E-state index is 5.73. The fourth-order valence-electron chi connectivity index (χ4n) is 1.57. The molecular formula is C9H12N4O2. The number of nitrogens with zero attached hydrogens (tertiary/aromatic N) is 3. The standard InChI is InChI=1S/C9H12N4O2/c1-5-7(8-6(10)4-11-15-8)9(14-3)13(2)12-5/h4H,10H2,1-3H3. The molecule has 0 aromatic carbocycles. The van der Waals surface area contributed by atoms with E-state index in [1.54, 1.807) is 18.8 Å². The van der Waals surface area contributed by atoms with Gasteiger partial charge in [0.05, 0.1) is 19.0 Å². The molecule has 2 heterocycles. The van der Waals surface area contributed by atoms with Crippen molar-refractivity contribution < 1.29 is 9.26 Å². The first kappa shape index (κ1) is 9.57. The summed E-state index contributed by atoms with van der Waals surface area (Å²) < 4.78 is 11.9. The quantitative estimate of drug-likeness (QED) is 0.795. The van der Waals surface area contributed by atoms with Crippen LogP contribution in [0.2, 0.25) is 0 Å². The van der Waals surface area contributed by atoms with Crippen molar-refractivity contribution in [2.75, 3.05) is 12.8 Å². The van der Waals surface area contributed by atoms with Gasteiger partial charge in [-0.3, -0.25) is 0 Å². The summed E-state index contributed by atoms with van der Waals surface area (Å²) in [6.45, 7) is 1.86. The van der Waals surface area contributed by atoms with Crippen LogP contribution in [0.15, 0.2) is 10.7 Å². The highest BCUT2D eigenvalue weighted by Crippen LogP contribution is 2.35. The zero-order chi connectivity index (χ0) is 11.0. The molecule has 0 aliphatic carbocycles. The minimum atomic E-state index is 0.476. The second-order valence-corrected chi connectivity index (χ2v) is 3.20. The molecule has 2 aromatic heterocycles. The van der Waals surface area contributed by atoms with Gasteiger partial charge in [0.2, 0.25) is 5.88 Å². The fourth-order valence-corrected chi connectivity index (χ4v) is 1.57. The lowest BCUT2D eigenvalue weighted by atomic mass is 10.2. The van der Waals surface area contributed by atoms with Gasteiger partial charge in [0.1, 0.15) is 11.3 Å². The highest BCUT2D eigenvalue weighted by molar-refractivity contribution is 5.75. The number of methoxy groups -OCH3 is 1. The summed E-state index contributed by atoms with van der Waals surface area (Å²) in [5, 5.41) is 7.86. The number of aryl methyl sites for hydroxylation is 2. The molecule has 0 saturated carbocycles. The summed E-state index contributed by atoms with van der Waals surface area (Å²) in [5.41, 5.74) is 7.74. The number of hydrogen-bond donors (Lipinski definition) is 1. The van der Waals surface area contributed by atoms with Crippen LogP contribution in [0.25, 0.3) is 11.3 Å². The van der Waals surface area contributed by atoms with Crippen molar-refractivity contribution >= 4 is 5.69 Å². The Bertz CT molecular complexity index is 486. The minimum absolute atomic E-state index is 0.476. The molecule has 0 radical (unpaired) electrons. The van der Waals surface area contributed by atoms with Crippen molar-refractivity contribution in [3.63, 3.8) is 0 Å². The Hall–Kier alpha value is -1.98. The first-order valence-electron chi connectivity index (χ1n) is 4.43. The maximum Gasteiger partial charge on any atom is 0.223 e. The van der Waals surface area contributed by atoms with E-state index in [1.165, 1.54) is 6.20 Å². The van der Waals surface area contributed by atoms with Crippen LogP contribution in [0.1, 0.15) is 5.69 Å². The van der Waals surface area contributed by atoms with Crippen molar-refractivity contribution in [2.45, 2.75) is 6.92 Å². The third-order valence-electron chi connectivity index (χ3n) is 2.19. The van der Waals surface area contributed by atoms with Gasteiger partial charge in [-0.25, -0.2) is 4.68 Å². The number of ether oxygens (including phenoxy) is 1. The second kappa shape index (κ2) is 3.30. The van der Waals surface area contributed by atoms with Crippen LogP contribution in [-0.4, -0.2) is 22.0 Å². The number of nitrogen functional groups attached to an aromatic ring is 1. The van der Waals surface area contributed by atoms with E-state index in [0.29, 0.717) is 17.3 Å². The molecule has 0 spiro atoms. The normalized spacial score (nSPS) is 10.6. The fraction of sp³-hybridized carbons (Fsp3) is 0.333. The lowest BCUT2D eigenvalue weighted by molar-refractivity contribution is 0.371. The Morgan fingerprint density at radius 2 is 2.27 bits per heavy atom. The van der Waals surface area contributed by atoms with E-state index < -0.39 is 0 Å². The molecule has 0 aliphatic rings. The summed E-state index contributed by atoms with van der Waals surface area (Å²) in [7, 11) is 3.37. The van der Waals surface area contributed by atoms with Gasteiger partial charge in [0.15, 0.2) is 5.76 Å². The maximum absolute atomic E-state index is 5.73. The van der Waals surface area contributed by atoms with Crippen LogP contribution < -0.4 is 10.5 Å². The third-order valence-corrected chi connectivity index (χ3v) is 2.19. The summed E-state index contributed by atoms with van der Waals surface area (Å²) in [6.07, 6.45) is 1.46. The van der Waals surface area contributed by atoms with Crippen LogP contribution in [-0.2, 0) is 7.05 Å². The molecule has 0 fully saturated rings. The zero-order valence-corrected chi connectivity index (χ0v) is 8.81. The van der Waals surface area contributed by atoms with Crippen LogP contribution in [0.4, 0.5) is 5.69 Å². The molecule has 0 aliphatic heterocycles. The molecule has 0 amide bonds. The molecule has 6 nitrogen and oxygen atoms in total. The SMILES string of the molecule is COc1c(-c2oncc2N)c(C)nn1C. The van der Waals surface area contributed by atoms with E-state index in [2.05, 4.69) is 10.3 Å². The summed E-state index contributed by atoms with van der Waals surface area (Å²) in [5.74, 6) is 1.11. The Balaban J connectivity index is 2.67. The highest BCUT2D eigenvalue weighted by atomic mass is 16.5. The summed E-state index contributed by atoms with van der Waals surface area (Å²) in [4.78, 5) is 0. The van der Waals surface area contributed by atoms with Crippen molar-refractivity contribution in [1.82, 2.24) is 14.9 Å². The van der Waals surface area contributed by atoms with E-state index in [0.717, 1.165) is 11.3 Å². The number of anilines is 1. The van der Waals surface area contributed by atoms with Crippen molar-refractivity contribution in [3.05, 3.63) is 11.9 Å². The Morgan fingerprint density at radius 3 is 2.80 bits per heavy atom. The second-order valence-electron chi connectivity index (χ2n) is 3.20. The Labute approximate surface area is 86.6 Å².